The van der Waals surface area contributed by atoms with Crippen LogP contribution < -0.4 is 95.3 Å². The topological polar surface area (TPSA) is 380 Å². The van der Waals surface area contributed by atoms with E-state index in [0.29, 0.717) is 136 Å². The Morgan fingerprint density at radius 3 is 1.14 bits per heavy atom. The van der Waals surface area contributed by atoms with Crippen molar-refractivity contribution in [3.05, 3.63) is 208 Å². The third-order valence-corrected chi connectivity index (χ3v) is 21.5. The maximum atomic E-state index is 13.0. The van der Waals surface area contributed by atoms with E-state index in [-0.39, 0.29) is 123 Å². The molecule has 0 bridgehead atoms. The van der Waals surface area contributed by atoms with Crippen molar-refractivity contribution in [1.29, 1.82) is 0 Å². The van der Waals surface area contributed by atoms with Crippen LogP contribution in [0.3, 0.4) is 0 Å². The molecule has 0 aliphatic carbocycles. The summed E-state index contributed by atoms with van der Waals surface area (Å²) in [6.07, 6.45) is 15.1. The number of carbonyl (C=O) groups excluding carboxylic acids is 2. The molecule has 12 aromatic rings. The second-order valence-electron chi connectivity index (χ2n) is 26.7. The molecule has 1 atom stereocenters. The third kappa shape index (κ3) is 24.3. The number of benzene rings is 4. The molecule has 3 fully saturated rings. The van der Waals surface area contributed by atoms with Gasteiger partial charge in [0.2, 0.25) is 17.1 Å². The van der Waals surface area contributed by atoms with Gasteiger partial charge in [-0.15, -0.1) is 0 Å². The Hall–Kier alpha value is -8.68. The Kier molecular flexibility index (Phi) is 37.8. The van der Waals surface area contributed by atoms with Crippen LogP contribution in [-0.2, 0) is 48.5 Å². The summed E-state index contributed by atoms with van der Waals surface area (Å²) < 4.78 is 27.5. The van der Waals surface area contributed by atoms with Crippen LogP contribution in [0.4, 0.5) is 21.5 Å². The maximum Gasteiger partial charge on any atom is 1.00 e. The molecular weight excluding hydrogens is 1660 g/mol. The zero-order chi connectivity index (χ0) is 82.6. The Morgan fingerprint density at radius 1 is 0.508 bits per heavy atom. The Labute approximate surface area is 752 Å². The molecule has 29 nitrogen and oxygen atoms in total. The van der Waals surface area contributed by atoms with E-state index in [0.717, 1.165) is 86.4 Å². The van der Waals surface area contributed by atoms with Crippen LogP contribution in [0.2, 0.25) is 20.1 Å². The molecule has 3 saturated heterocycles. The molecule has 36 heteroatoms. The number of hydrogen-bond acceptors (Lipinski definition) is 24. The average Bonchev–Trinajstić information content (AvgIpc) is 0.789. The second kappa shape index (κ2) is 46.2. The number of aliphatic hydroxyl groups excluding tert-OH is 1. The van der Waals surface area contributed by atoms with Gasteiger partial charge in [-0.25, -0.2) is 39.5 Å². The van der Waals surface area contributed by atoms with Crippen molar-refractivity contribution < 1.29 is 85.2 Å². The maximum absolute atomic E-state index is 13.0. The van der Waals surface area contributed by atoms with Crippen molar-refractivity contribution in [1.82, 2.24) is 73.3 Å². The number of halogens is 4. The van der Waals surface area contributed by atoms with Crippen LogP contribution in [-0.4, -0.2) is 185 Å². The van der Waals surface area contributed by atoms with E-state index in [2.05, 4.69) is 55.8 Å². The molecule has 8 aromatic heterocycles. The molecule has 0 saturated carbocycles. The van der Waals surface area contributed by atoms with E-state index in [4.69, 9.17) is 66.7 Å². The standard InChI is InChI=1S/C22H24ClN5O3.C19H20ClN5O.C15H12ClN3O2S.C15H12ClN3OS.C8H16N2O2.C2H6O.CH4.K.H2O/c1-3-31-22(30)28-10-8-15(9-11-28)25-21-24-13-14-12-17(16-6-4-5-7-18(16)23)20(29)27(2)19(14)26-21;1-25-17-12(10-15(18(25)26)14-4-2-3-5-16(14)20)11-22-19(24-17)23-13-6-8-21-9-7-13;1-19-13-9(8-17-15(18-13)22(2)21)7-11(14(19)20)10-5-3-4-6-12(10)16;1-19-13-9(8-17-15(18-13)21-2)7-11(14(19)20)10-5-3-4-6-12(10)16;1-2-12-8(11)10-5-3-7(9)4-6-10;1-2-3;;;/h4-7,12-13,15H,3,8-11H2,1-2H3,(H,24,25,26);2-5,10-11,13,21H,6-9H2,1H3,(H,22,23,24);3-8H,1-2H3;3-8H,1-2H3;7H,2-6,9H2,1H3;3H,2H2,1H3;1H4;;1H2/q;;;;;;;+1;/p-1. The number of nitrogens with two attached hydrogens (primary N) is 1. The SMILES string of the molecule is C.CCO.CCOC(=O)N1CCC(N)CC1.CCOC(=O)N1CCC(Nc2ncc3cc(-c4ccccc4Cl)c(=O)n(C)c3n2)CC1.CSc1ncc2cc(-c3ccccc3Cl)c(=O)n(C)c2n1.Cn1c(=O)c(-c2ccccc2Cl)cc2cnc(NC3CCNCC3)nc21.Cn1c(=O)c(-c2ccccc2Cl)cc2cnc(S(C)=O)nc21.[K+].[OH-]. The van der Waals surface area contributed by atoms with Crippen molar-refractivity contribution in [2.75, 3.05) is 82.2 Å². The van der Waals surface area contributed by atoms with Gasteiger partial charge in [0.15, 0.2) is 5.16 Å². The van der Waals surface area contributed by atoms with Gasteiger partial charge >= 0.3 is 63.6 Å². The number of likely N-dealkylation sites (tertiary alicyclic amines) is 2. The number of nitrogens with zero attached hydrogens (tertiary/aromatic N) is 14. The van der Waals surface area contributed by atoms with Gasteiger partial charge in [0.1, 0.15) is 22.6 Å². The molecule has 0 spiro atoms. The minimum Gasteiger partial charge on any atom is -0.870 e. The normalized spacial score (nSPS) is 13.6. The van der Waals surface area contributed by atoms with Crippen molar-refractivity contribution in [2.45, 2.75) is 95.2 Å². The quantitative estimate of drug-likeness (QED) is 0.0431. The molecular formula is C82H95Cl4KN18O11S2. The predicted molar refractivity (Wildman–Crippen MR) is 467 cm³/mol. The fraction of sp³-hybridized carbons (Fsp3) is 0.341. The number of aromatic nitrogens is 12. The van der Waals surface area contributed by atoms with E-state index in [1.807, 2.05) is 86.0 Å². The molecule has 620 valence electrons. The van der Waals surface area contributed by atoms with Crippen LogP contribution in [0.1, 0.15) is 66.7 Å². The first-order valence-electron chi connectivity index (χ1n) is 37.1. The molecule has 0 radical (unpaired) electrons. The number of ether oxygens (including phenoxy) is 2. The molecule has 3 aliphatic rings. The zero-order valence-electron chi connectivity index (χ0n) is 66.4. The number of aliphatic hydroxyl groups is 1. The van der Waals surface area contributed by atoms with Crippen molar-refractivity contribution in [3.63, 3.8) is 0 Å². The van der Waals surface area contributed by atoms with Gasteiger partial charge in [-0.1, -0.05) is 138 Å². The minimum atomic E-state index is -1.30. The molecule has 11 heterocycles. The molecule has 15 rings (SSSR count). The number of piperidine rings is 3. The van der Waals surface area contributed by atoms with Crippen LogP contribution in [0.5, 0.6) is 0 Å². The van der Waals surface area contributed by atoms with Crippen molar-refractivity contribution in [2.24, 2.45) is 33.9 Å². The van der Waals surface area contributed by atoms with E-state index in [1.54, 1.807) is 130 Å². The van der Waals surface area contributed by atoms with E-state index >= 15 is 0 Å². The van der Waals surface area contributed by atoms with Crippen molar-refractivity contribution >= 4 is 137 Å². The molecule has 7 N–H and O–H groups in total. The first kappa shape index (κ1) is 96.4. The number of pyridine rings is 4. The van der Waals surface area contributed by atoms with Crippen molar-refractivity contribution in [3.8, 4) is 44.5 Å². The summed E-state index contributed by atoms with van der Waals surface area (Å²) in [7, 11) is 5.45. The Bertz CT molecular complexity index is 5750. The van der Waals surface area contributed by atoms with Crippen LogP contribution in [0, 0.1) is 0 Å². The van der Waals surface area contributed by atoms with Gasteiger partial charge in [0.25, 0.3) is 22.2 Å². The Morgan fingerprint density at radius 2 is 0.814 bits per heavy atom. The number of aryl methyl sites for hydroxylation is 4. The van der Waals surface area contributed by atoms with Gasteiger partial charge in [-0.2, -0.15) is 9.97 Å². The summed E-state index contributed by atoms with van der Waals surface area (Å²) in [4.78, 5) is 112. The smallest absolute Gasteiger partial charge is 0.870 e. The largest absolute Gasteiger partial charge is 1.00 e. The van der Waals surface area contributed by atoms with Gasteiger partial charge in [0, 0.05) is 196 Å². The summed E-state index contributed by atoms with van der Waals surface area (Å²) >= 11 is 26.4. The molecule has 118 heavy (non-hydrogen) atoms. The first-order chi connectivity index (χ1) is 55.4. The second-order valence-corrected chi connectivity index (χ2v) is 30.4. The van der Waals surface area contributed by atoms with Gasteiger partial charge in [-0.3, -0.25) is 41.7 Å². The van der Waals surface area contributed by atoms with Gasteiger partial charge in [-0.05, 0) is 127 Å². The number of thioether (sulfide) groups is 1. The van der Waals surface area contributed by atoms with Gasteiger partial charge in [0.05, 0.1) is 24.0 Å². The summed E-state index contributed by atoms with van der Waals surface area (Å²) in [5, 5.41) is 23.6. The average molecular weight is 1750 g/mol. The number of fused-ring (bicyclic) bond motifs is 4. The number of hydrogen-bond donors (Lipinski definition) is 5. The molecule has 3 aliphatic heterocycles. The number of amides is 2. The van der Waals surface area contributed by atoms with Crippen LogP contribution >= 0.6 is 58.2 Å². The van der Waals surface area contributed by atoms with E-state index in [1.165, 1.54) is 31.7 Å². The van der Waals surface area contributed by atoms with E-state index in [9.17, 15) is 33.0 Å². The third-order valence-electron chi connectivity index (χ3n) is 18.9. The number of carbonyl (C=O) groups is 2. The zero-order valence-corrected chi connectivity index (χ0v) is 74.2. The number of nitrogens with one attached hydrogen (secondary N) is 3. The number of anilines is 2. The summed E-state index contributed by atoms with van der Waals surface area (Å²) in [6.45, 7) is 11.0. The van der Waals surface area contributed by atoms with Gasteiger partial charge < -0.3 is 51.5 Å². The monoisotopic (exact) mass is 1750 g/mol. The van der Waals surface area contributed by atoms with Crippen LogP contribution in [0.15, 0.2) is 176 Å². The summed E-state index contributed by atoms with van der Waals surface area (Å²) in [5.74, 6) is 1.02. The first-order valence-corrected chi connectivity index (χ1v) is 41.4. The summed E-state index contributed by atoms with van der Waals surface area (Å²) in [5.41, 5.74) is 12.1. The Balaban J connectivity index is 0.000000205. The number of rotatable bonds is 12. The fourth-order valence-corrected chi connectivity index (χ4v) is 14.6. The molecule has 4 aromatic carbocycles. The molecule has 1 unspecified atom stereocenters. The summed E-state index contributed by atoms with van der Waals surface area (Å²) in [6, 6.07) is 36.9. The molecule has 2 amide bonds. The predicted octanol–water partition coefficient (Wildman–Crippen LogP) is 10.3. The minimum absolute atomic E-state index is 0. The van der Waals surface area contributed by atoms with Crippen LogP contribution in [0.25, 0.3) is 88.6 Å². The van der Waals surface area contributed by atoms with E-state index < -0.39 is 10.8 Å². The fourth-order valence-electron chi connectivity index (χ4n) is 12.9.